The Hall–Kier alpha value is -2.24. The van der Waals surface area contributed by atoms with Crippen molar-refractivity contribution < 1.29 is 9.13 Å². The molecular weight excluding hydrogens is 223 g/mol. The van der Waals surface area contributed by atoms with Gasteiger partial charge in [-0.25, -0.2) is 4.39 Å². The van der Waals surface area contributed by atoms with Crippen molar-refractivity contribution in [3.05, 3.63) is 30.2 Å². The van der Waals surface area contributed by atoms with Gasteiger partial charge in [-0.3, -0.25) is 4.68 Å². The fourth-order valence-electron chi connectivity index (χ4n) is 1.48. The number of ether oxygens (including phenoxy) is 1. The monoisotopic (exact) mass is 236 g/mol. The van der Waals surface area contributed by atoms with E-state index in [1.807, 2.05) is 0 Å². The zero-order valence-electron chi connectivity index (χ0n) is 9.57. The summed E-state index contributed by atoms with van der Waals surface area (Å²) in [7, 11) is 3.18. The third-order valence-corrected chi connectivity index (χ3v) is 2.27. The number of halogens is 1. The maximum absolute atomic E-state index is 13.2. The summed E-state index contributed by atoms with van der Waals surface area (Å²) < 4.78 is 19.7. The van der Waals surface area contributed by atoms with Gasteiger partial charge in [-0.15, -0.1) is 0 Å². The standard InChI is InChI=1S/C11H13FN4O/c1-16-6-9(13)11(15-16)14-7-3-4-8(12)10(5-7)17-2/h3-6H,13H2,1-2H3,(H,14,15). The molecule has 2 aromatic rings. The number of aryl methyl sites for hydroxylation is 1. The smallest absolute Gasteiger partial charge is 0.175 e. The third-order valence-electron chi connectivity index (χ3n) is 2.27. The number of hydrogen-bond acceptors (Lipinski definition) is 4. The Labute approximate surface area is 98.0 Å². The lowest BCUT2D eigenvalue weighted by molar-refractivity contribution is 0.387. The van der Waals surface area contributed by atoms with Crippen molar-refractivity contribution in [1.29, 1.82) is 0 Å². The Kier molecular flexibility index (Phi) is 2.86. The van der Waals surface area contributed by atoms with Crippen LogP contribution in [0.25, 0.3) is 0 Å². The first-order chi connectivity index (χ1) is 8.10. The van der Waals surface area contributed by atoms with E-state index in [-0.39, 0.29) is 5.75 Å². The molecule has 3 N–H and O–H groups in total. The van der Waals surface area contributed by atoms with Gasteiger partial charge in [-0.1, -0.05) is 0 Å². The minimum Gasteiger partial charge on any atom is -0.494 e. The minimum atomic E-state index is -0.410. The number of benzene rings is 1. The van der Waals surface area contributed by atoms with E-state index in [1.54, 1.807) is 30.1 Å². The van der Waals surface area contributed by atoms with Crippen LogP contribution in [0.2, 0.25) is 0 Å². The predicted octanol–water partition coefficient (Wildman–Crippen LogP) is 1.89. The Morgan fingerprint density at radius 2 is 2.24 bits per heavy atom. The second-order valence-electron chi connectivity index (χ2n) is 3.58. The molecule has 0 amide bonds. The van der Waals surface area contributed by atoms with Crippen LogP contribution in [-0.2, 0) is 7.05 Å². The zero-order valence-corrected chi connectivity index (χ0v) is 9.57. The Bertz CT molecular complexity index is 538. The van der Waals surface area contributed by atoms with Crippen LogP contribution >= 0.6 is 0 Å². The summed E-state index contributed by atoms with van der Waals surface area (Å²) in [5, 5.41) is 7.12. The molecule has 0 saturated heterocycles. The summed E-state index contributed by atoms with van der Waals surface area (Å²) in [6.45, 7) is 0. The maximum atomic E-state index is 13.2. The van der Waals surface area contributed by atoms with Gasteiger partial charge in [0.1, 0.15) is 0 Å². The summed E-state index contributed by atoms with van der Waals surface area (Å²) in [5.74, 6) is 0.290. The molecule has 0 aliphatic rings. The second kappa shape index (κ2) is 4.32. The molecule has 0 radical (unpaired) electrons. The van der Waals surface area contributed by atoms with Gasteiger partial charge in [0.2, 0.25) is 0 Å². The Morgan fingerprint density at radius 3 is 2.82 bits per heavy atom. The fraction of sp³-hybridized carbons (Fsp3) is 0.182. The Morgan fingerprint density at radius 1 is 1.47 bits per heavy atom. The molecule has 0 bridgehead atoms. The molecule has 1 aromatic carbocycles. The average Bonchev–Trinajstić information content (AvgIpc) is 2.60. The van der Waals surface area contributed by atoms with Crippen LogP contribution in [0.4, 0.5) is 21.6 Å². The van der Waals surface area contributed by atoms with Crippen molar-refractivity contribution >= 4 is 17.2 Å². The summed E-state index contributed by atoms with van der Waals surface area (Å²) in [6, 6.07) is 4.45. The predicted molar refractivity (Wildman–Crippen MR) is 63.9 cm³/mol. The number of nitrogens with one attached hydrogen (secondary N) is 1. The van der Waals surface area contributed by atoms with Gasteiger partial charge in [0, 0.05) is 25.0 Å². The van der Waals surface area contributed by atoms with Crippen LogP contribution in [0.15, 0.2) is 24.4 Å². The van der Waals surface area contributed by atoms with Crippen molar-refractivity contribution in [3.8, 4) is 5.75 Å². The highest BCUT2D eigenvalue weighted by molar-refractivity contribution is 5.68. The number of methoxy groups -OCH3 is 1. The SMILES string of the molecule is COc1cc(Nc2nn(C)cc2N)ccc1F. The van der Waals surface area contributed by atoms with Crippen LogP contribution < -0.4 is 15.8 Å². The summed E-state index contributed by atoms with van der Waals surface area (Å²) in [5.41, 5.74) is 6.92. The van der Waals surface area contributed by atoms with E-state index in [9.17, 15) is 4.39 Å². The van der Waals surface area contributed by atoms with Crippen LogP contribution in [0.3, 0.4) is 0 Å². The van der Waals surface area contributed by atoms with E-state index >= 15 is 0 Å². The van der Waals surface area contributed by atoms with Crippen molar-refractivity contribution in [3.63, 3.8) is 0 Å². The normalized spacial score (nSPS) is 10.3. The van der Waals surface area contributed by atoms with Crippen molar-refractivity contribution in [2.75, 3.05) is 18.2 Å². The molecule has 0 unspecified atom stereocenters. The van der Waals surface area contributed by atoms with Crippen LogP contribution in [0.5, 0.6) is 5.75 Å². The molecule has 1 aromatic heterocycles. The van der Waals surface area contributed by atoms with E-state index in [1.165, 1.54) is 13.2 Å². The fourth-order valence-corrected chi connectivity index (χ4v) is 1.48. The molecule has 0 saturated carbocycles. The van der Waals surface area contributed by atoms with E-state index < -0.39 is 5.82 Å². The first-order valence-electron chi connectivity index (χ1n) is 5.00. The van der Waals surface area contributed by atoms with Gasteiger partial charge in [-0.05, 0) is 12.1 Å². The van der Waals surface area contributed by atoms with Crippen molar-refractivity contribution in [2.24, 2.45) is 7.05 Å². The van der Waals surface area contributed by atoms with Gasteiger partial charge in [0.05, 0.1) is 12.8 Å². The first-order valence-corrected chi connectivity index (χ1v) is 5.00. The molecule has 0 fully saturated rings. The maximum Gasteiger partial charge on any atom is 0.175 e. The number of nitrogens with two attached hydrogens (primary N) is 1. The molecule has 0 spiro atoms. The van der Waals surface area contributed by atoms with Crippen molar-refractivity contribution in [1.82, 2.24) is 9.78 Å². The molecular formula is C11H13FN4O. The molecule has 0 aliphatic carbocycles. The van der Waals surface area contributed by atoms with E-state index in [4.69, 9.17) is 10.5 Å². The minimum absolute atomic E-state index is 0.171. The molecule has 0 atom stereocenters. The lowest BCUT2D eigenvalue weighted by Crippen LogP contribution is -1.97. The van der Waals surface area contributed by atoms with E-state index in [0.717, 1.165) is 0 Å². The van der Waals surface area contributed by atoms with Gasteiger partial charge in [-0.2, -0.15) is 5.10 Å². The molecule has 2 rings (SSSR count). The van der Waals surface area contributed by atoms with Crippen LogP contribution in [0.1, 0.15) is 0 Å². The lowest BCUT2D eigenvalue weighted by atomic mass is 10.3. The molecule has 0 aliphatic heterocycles. The van der Waals surface area contributed by atoms with Gasteiger partial charge >= 0.3 is 0 Å². The van der Waals surface area contributed by atoms with Gasteiger partial charge in [0.15, 0.2) is 17.4 Å². The van der Waals surface area contributed by atoms with Crippen LogP contribution in [0, 0.1) is 5.82 Å². The topological polar surface area (TPSA) is 65.1 Å². The highest BCUT2D eigenvalue weighted by Gasteiger charge is 2.07. The van der Waals surface area contributed by atoms with E-state index in [0.29, 0.717) is 17.2 Å². The number of anilines is 3. The molecule has 1 heterocycles. The number of nitrogens with zero attached hydrogens (tertiary/aromatic N) is 2. The quantitative estimate of drug-likeness (QED) is 0.854. The van der Waals surface area contributed by atoms with Crippen molar-refractivity contribution in [2.45, 2.75) is 0 Å². The summed E-state index contributed by atoms with van der Waals surface area (Å²) in [6.07, 6.45) is 1.68. The second-order valence-corrected chi connectivity index (χ2v) is 3.58. The summed E-state index contributed by atoms with van der Waals surface area (Å²) >= 11 is 0. The first kappa shape index (κ1) is 11.3. The lowest BCUT2D eigenvalue weighted by Gasteiger charge is -2.07. The summed E-state index contributed by atoms with van der Waals surface area (Å²) in [4.78, 5) is 0. The largest absolute Gasteiger partial charge is 0.494 e. The highest BCUT2D eigenvalue weighted by atomic mass is 19.1. The number of aromatic nitrogens is 2. The average molecular weight is 236 g/mol. The number of hydrogen-bond donors (Lipinski definition) is 2. The number of nitrogen functional groups attached to an aromatic ring is 1. The van der Waals surface area contributed by atoms with Gasteiger partial charge < -0.3 is 15.8 Å². The molecule has 90 valence electrons. The van der Waals surface area contributed by atoms with Gasteiger partial charge in [0.25, 0.3) is 0 Å². The number of rotatable bonds is 3. The highest BCUT2D eigenvalue weighted by Crippen LogP contribution is 2.25. The zero-order chi connectivity index (χ0) is 12.4. The van der Waals surface area contributed by atoms with E-state index in [2.05, 4.69) is 10.4 Å². The molecule has 6 heteroatoms. The molecule has 17 heavy (non-hydrogen) atoms. The third kappa shape index (κ3) is 2.30. The Balaban J connectivity index is 2.27. The molecule has 5 nitrogen and oxygen atoms in total. The van der Waals surface area contributed by atoms with Crippen LogP contribution in [-0.4, -0.2) is 16.9 Å².